The fourth-order valence-corrected chi connectivity index (χ4v) is 1.44. The minimum atomic E-state index is -0.600. The second-order valence-electron chi connectivity index (χ2n) is 4.78. The van der Waals surface area contributed by atoms with Crippen LogP contribution < -0.4 is 11.1 Å². The van der Waals surface area contributed by atoms with E-state index in [2.05, 4.69) is 5.32 Å². The second-order valence-corrected chi connectivity index (χ2v) is 4.78. The van der Waals surface area contributed by atoms with Crippen molar-refractivity contribution in [1.82, 2.24) is 5.32 Å². The summed E-state index contributed by atoms with van der Waals surface area (Å²) in [5.41, 5.74) is 5.07. The standard InChI is InChI=1S/C11H20N2O2/c1-7(14)11(2,3)13-10(15)8-4-5-9(12)6-8/h4-5,7-9,14H,6,12H2,1-3H3,(H,13,15). The molecule has 4 N–H and O–H groups in total. The molecule has 3 atom stereocenters. The molecular formula is C11H20N2O2. The van der Waals surface area contributed by atoms with Crippen molar-refractivity contribution < 1.29 is 9.90 Å². The van der Waals surface area contributed by atoms with Gasteiger partial charge in [-0.05, 0) is 27.2 Å². The van der Waals surface area contributed by atoms with Crippen LogP contribution >= 0.6 is 0 Å². The molecule has 4 nitrogen and oxygen atoms in total. The van der Waals surface area contributed by atoms with Gasteiger partial charge < -0.3 is 16.2 Å². The normalized spacial score (nSPS) is 27.8. The van der Waals surface area contributed by atoms with Gasteiger partial charge in [0.05, 0.1) is 17.6 Å². The zero-order valence-electron chi connectivity index (χ0n) is 9.53. The van der Waals surface area contributed by atoms with E-state index in [-0.39, 0.29) is 17.9 Å². The smallest absolute Gasteiger partial charge is 0.227 e. The third-order valence-electron chi connectivity index (χ3n) is 2.94. The highest BCUT2D eigenvalue weighted by molar-refractivity contribution is 5.81. The zero-order chi connectivity index (χ0) is 11.6. The number of carbonyl (C=O) groups is 1. The van der Waals surface area contributed by atoms with Crippen LogP contribution in [0.5, 0.6) is 0 Å². The lowest BCUT2D eigenvalue weighted by Crippen LogP contribution is -2.52. The lowest BCUT2D eigenvalue weighted by molar-refractivity contribution is -0.126. The molecular weight excluding hydrogens is 192 g/mol. The number of aliphatic hydroxyl groups excluding tert-OH is 1. The molecule has 1 rings (SSSR count). The molecule has 0 heterocycles. The number of rotatable bonds is 3. The van der Waals surface area contributed by atoms with Gasteiger partial charge in [-0.25, -0.2) is 0 Å². The van der Waals surface area contributed by atoms with Gasteiger partial charge in [-0.15, -0.1) is 0 Å². The summed E-state index contributed by atoms with van der Waals surface area (Å²) in [5.74, 6) is -0.219. The third-order valence-corrected chi connectivity index (χ3v) is 2.94. The Bertz CT molecular complexity index is 272. The zero-order valence-corrected chi connectivity index (χ0v) is 9.53. The molecule has 1 aliphatic rings. The maximum absolute atomic E-state index is 11.8. The summed E-state index contributed by atoms with van der Waals surface area (Å²) in [6.45, 7) is 5.26. The van der Waals surface area contributed by atoms with Crippen LogP contribution in [0.4, 0.5) is 0 Å². The number of nitrogens with one attached hydrogen (secondary N) is 1. The topological polar surface area (TPSA) is 75.3 Å². The minimum absolute atomic E-state index is 0.0181. The molecule has 0 saturated carbocycles. The Morgan fingerprint density at radius 1 is 1.60 bits per heavy atom. The van der Waals surface area contributed by atoms with Crippen molar-refractivity contribution in [3.63, 3.8) is 0 Å². The summed E-state index contributed by atoms with van der Waals surface area (Å²) in [7, 11) is 0. The van der Waals surface area contributed by atoms with Crippen molar-refractivity contribution in [2.75, 3.05) is 0 Å². The minimum Gasteiger partial charge on any atom is -0.391 e. The van der Waals surface area contributed by atoms with E-state index in [9.17, 15) is 9.90 Å². The van der Waals surface area contributed by atoms with E-state index in [1.165, 1.54) is 0 Å². The molecule has 0 aromatic rings. The molecule has 0 bridgehead atoms. The fraction of sp³-hybridized carbons (Fsp3) is 0.727. The monoisotopic (exact) mass is 212 g/mol. The van der Waals surface area contributed by atoms with Crippen molar-refractivity contribution in [2.24, 2.45) is 11.7 Å². The first-order valence-corrected chi connectivity index (χ1v) is 5.27. The van der Waals surface area contributed by atoms with Crippen molar-refractivity contribution >= 4 is 5.91 Å². The van der Waals surface area contributed by atoms with Gasteiger partial charge in [0.2, 0.25) is 5.91 Å². The molecule has 0 aromatic heterocycles. The summed E-state index contributed by atoms with van der Waals surface area (Å²) in [6, 6.07) is -0.0181. The maximum atomic E-state index is 11.8. The van der Waals surface area contributed by atoms with Crippen LogP contribution in [0.1, 0.15) is 27.2 Å². The molecule has 1 aliphatic carbocycles. The molecule has 3 unspecified atom stereocenters. The third kappa shape index (κ3) is 3.04. The Morgan fingerprint density at radius 2 is 2.20 bits per heavy atom. The van der Waals surface area contributed by atoms with Gasteiger partial charge in [-0.1, -0.05) is 12.2 Å². The van der Waals surface area contributed by atoms with Crippen LogP contribution in [0.2, 0.25) is 0 Å². The van der Waals surface area contributed by atoms with Gasteiger partial charge in [0.15, 0.2) is 0 Å². The molecule has 0 spiro atoms. The van der Waals surface area contributed by atoms with Gasteiger partial charge in [0, 0.05) is 6.04 Å². The fourth-order valence-electron chi connectivity index (χ4n) is 1.44. The van der Waals surface area contributed by atoms with E-state index in [0.29, 0.717) is 6.42 Å². The average Bonchev–Trinajstić information content (AvgIpc) is 2.50. The van der Waals surface area contributed by atoms with Gasteiger partial charge in [0.1, 0.15) is 0 Å². The van der Waals surface area contributed by atoms with Crippen molar-refractivity contribution in [3.05, 3.63) is 12.2 Å². The number of hydrogen-bond donors (Lipinski definition) is 3. The Morgan fingerprint density at radius 3 is 2.60 bits per heavy atom. The van der Waals surface area contributed by atoms with Crippen LogP contribution in [0.15, 0.2) is 12.2 Å². The summed E-state index contributed by atoms with van der Waals surface area (Å²) >= 11 is 0. The first kappa shape index (κ1) is 12.2. The molecule has 0 saturated heterocycles. The summed E-state index contributed by atoms with van der Waals surface area (Å²) in [4.78, 5) is 11.8. The van der Waals surface area contributed by atoms with Gasteiger partial charge in [-0.3, -0.25) is 4.79 Å². The highest BCUT2D eigenvalue weighted by atomic mass is 16.3. The number of carbonyl (C=O) groups excluding carboxylic acids is 1. The van der Waals surface area contributed by atoms with E-state index in [1.54, 1.807) is 20.8 Å². The Labute approximate surface area is 90.5 Å². The summed E-state index contributed by atoms with van der Waals surface area (Å²) in [5, 5.41) is 12.3. The summed E-state index contributed by atoms with van der Waals surface area (Å²) < 4.78 is 0. The first-order valence-electron chi connectivity index (χ1n) is 5.27. The Balaban J connectivity index is 2.53. The Hall–Kier alpha value is -0.870. The largest absolute Gasteiger partial charge is 0.391 e. The number of nitrogens with two attached hydrogens (primary N) is 1. The van der Waals surface area contributed by atoms with Crippen molar-refractivity contribution in [1.29, 1.82) is 0 Å². The molecule has 0 radical (unpaired) electrons. The van der Waals surface area contributed by atoms with E-state index in [4.69, 9.17) is 5.73 Å². The van der Waals surface area contributed by atoms with Gasteiger partial charge in [-0.2, -0.15) is 0 Å². The van der Waals surface area contributed by atoms with Crippen molar-refractivity contribution in [2.45, 2.75) is 44.9 Å². The molecule has 86 valence electrons. The highest BCUT2D eigenvalue weighted by Crippen LogP contribution is 2.18. The summed E-state index contributed by atoms with van der Waals surface area (Å²) in [6.07, 6.45) is 3.75. The SMILES string of the molecule is CC(O)C(C)(C)NC(=O)C1C=CC(N)C1. The molecule has 0 aliphatic heterocycles. The number of amides is 1. The number of hydrogen-bond acceptors (Lipinski definition) is 3. The van der Waals surface area contributed by atoms with Crippen LogP contribution in [0.3, 0.4) is 0 Å². The Kier molecular flexibility index (Phi) is 3.52. The highest BCUT2D eigenvalue weighted by Gasteiger charge is 2.30. The number of aliphatic hydroxyl groups is 1. The first-order chi connectivity index (χ1) is 6.83. The molecule has 4 heteroatoms. The van der Waals surface area contributed by atoms with E-state index < -0.39 is 11.6 Å². The van der Waals surface area contributed by atoms with Crippen LogP contribution in [-0.2, 0) is 4.79 Å². The predicted octanol–water partition coefficient (Wildman–Crippen LogP) is 0.165. The van der Waals surface area contributed by atoms with E-state index in [0.717, 1.165) is 0 Å². The molecule has 1 amide bonds. The van der Waals surface area contributed by atoms with Gasteiger partial charge >= 0.3 is 0 Å². The van der Waals surface area contributed by atoms with Gasteiger partial charge in [0.25, 0.3) is 0 Å². The van der Waals surface area contributed by atoms with E-state index >= 15 is 0 Å². The molecule has 0 aromatic carbocycles. The van der Waals surface area contributed by atoms with E-state index in [1.807, 2.05) is 12.2 Å². The lowest BCUT2D eigenvalue weighted by atomic mass is 9.97. The second kappa shape index (κ2) is 4.33. The van der Waals surface area contributed by atoms with Crippen LogP contribution in [0, 0.1) is 5.92 Å². The maximum Gasteiger partial charge on any atom is 0.227 e. The van der Waals surface area contributed by atoms with Crippen molar-refractivity contribution in [3.8, 4) is 0 Å². The average molecular weight is 212 g/mol. The lowest BCUT2D eigenvalue weighted by Gasteiger charge is -2.30. The molecule has 0 fully saturated rings. The predicted molar refractivity (Wildman–Crippen MR) is 59.1 cm³/mol. The van der Waals surface area contributed by atoms with Crippen LogP contribution in [-0.4, -0.2) is 28.7 Å². The quantitative estimate of drug-likeness (QED) is 0.584. The molecule has 15 heavy (non-hydrogen) atoms. The van der Waals surface area contributed by atoms with Crippen LogP contribution in [0.25, 0.3) is 0 Å².